The van der Waals surface area contributed by atoms with Gasteiger partial charge in [0.05, 0.1) is 11.9 Å². The van der Waals surface area contributed by atoms with Gasteiger partial charge in [0, 0.05) is 27.7 Å². The molecule has 1 atom stereocenters. The molecule has 0 saturated carbocycles. The first-order valence-electron chi connectivity index (χ1n) is 10.1. The number of nitrogens with one attached hydrogen (secondary N) is 1. The van der Waals surface area contributed by atoms with Crippen molar-refractivity contribution in [3.8, 4) is 0 Å². The van der Waals surface area contributed by atoms with E-state index in [1.807, 2.05) is 13.8 Å². The topological polar surface area (TPSA) is 86.8 Å². The van der Waals surface area contributed by atoms with Crippen LogP contribution in [0.15, 0.2) is 42.5 Å². The molecule has 0 bridgehead atoms. The van der Waals surface area contributed by atoms with E-state index in [1.54, 1.807) is 31.2 Å². The Bertz CT molecular complexity index is 1110. The number of amides is 2. The number of nitrogens with zero attached hydrogens (tertiary/aromatic N) is 2. The third kappa shape index (κ3) is 8.07. The first-order chi connectivity index (χ1) is 15.3. The van der Waals surface area contributed by atoms with Crippen LogP contribution in [0.3, 0.4) is 0 Å². The lowest BCUT2D eigenvalue weighted by atomic mass is 10.1. The van der Waals surface area contributed by atoms with Crippen molar-refractivity contribution in [3.63, 3.8) is 0 Å². The van der Waals surface area contributed by atoms with Crippen molar-refractivity contribution < 1.29 is 18.0 Å². The molecule has 0 saturated heterocycles. The predicted molar refractivity (Wildman–Crippen MR) is 133 cm³/mol. The van der Waals surface area contributed by atoms with Crippen molar-refractivity contribution in [2.75, 3.05) is 17.1 Å². The Morgan fingerprint density at radius 2 is 1.58 bits per heavy atom. The minimum atomic E-state index is -3.88. The van der Waals surface area contributed by atoms with Gasteiger partial charge in [-0.3, -0.25) is 13.9 Å². The van der Waals surface area contributed by atoms with Gasteiger partial charge in [-0.2, -0.15) is 0 Å². The minimum absolute atomic E-state index is 0.0555. The van der Waals surface area contributed by atoms with Crippen molar-refractivity contribution in [2.24, 2.45) is 0 Å². The molecule has 2 rings (SSSR count). The lowest BCUT2D eigenvalue weighted by molar-refractivity contribution is -0.139. The minimum Gasteiger partial charge on any atom is -0.352 e. The predicted octanol–water partition coefficient (Wildman–Crippen LogP) is 4.35. The third-order valence-corrected chi connectivity index (χ3v) is 6.47. The smallest absolute Gasteiger partial charge is 0.244 e. The van der Waals surface area contributed by atoms with Gasteiger partial charge in [-0.15, -0.1) is 0 Å². The Hall–Kier alpha value is -2.00. The number of carbonyl (C=O) groups is 2. The maximum atomic E-state index is 13.4. The van der Waals surface area contributed by atoms with E-state index in [-0.39, 0.29) is 34.2 Å². The summed E-state index contributed by atoms with van der Waals surface area (Å²) in [7, 11) is -3.88. The summed E-state index contributed by atoms with van der Waals surface area (Å²) in [5.74, 6) is -0.944. The van der Waals surface area contributed by atoms with Gasteiger partial charge < -0.3 is 10.2 Å². The lowest BCUT2D eigenvalue weighted by Crippen LogP contribution is -2.52. The van der Waals surface area contributed by atoms with Gasteiger partial charge in [-0.05, 0) is 56.7 Å². The SMILES string of the molecule is CC(C)NC(=O)[C@@H](C)N(Cc1cccc(Cl)c1)C(=O)CN(c1cc(Cl)cc(Cl)c1)S(C)(=O)=O. The van der Waals surface area contributed by atoms with Crippen LogP contribution in [-0.4, -0.2) is 50.0 Å². The number of carbonyl (C=O) groups excluding carboxylic acids is 2. The average molecular weight is 535 g/mol. The van der Waals surface area contributed by atoms with Crippen molar-refractivity contribution in [2.45, 2.75) is 39.4 Å². The number of hydrogen-bond donors (Lipinski definition) is 1. The molecule has 180 valence electrons. The van der Waals surface area contributed by atoms with E-state index in [9.17, 15) is 18.0 Å². The van der Waals surface area contributed by atoms with Crippen molar-refractivity contribution >= 4 is 62.3 Å². The van der Waals surface area contributed by atoms with Crippen LogP contribution in [0.5, 0.6) is 0 Å². The van der Waals surface area contributed by atoms with Crippen LogP contribution in [-0.2, 0) is 26.2 Å². The summed E-state index contributed by atoms with van der Waals surface area (Å²) in [5, 5.41) is 3.70. The normalized spacial score (nSPS) is 12.4. The van der Waals surface area contributed by atoms with Crippen LogP contribution >= 0.6 is 34.8 Å². The molecule has 33 heavy (non-hydrogen) atoms. The van der Waals surface area contributed by atoms with Crippen molar-refractivity contribution in [3.05, 3.63) is 63.1 Å². The number of anilines is 1. The molecule has 2 aromatic carbocycles. The molecule has 0 spiro atoms. The van der Waals surface area contributed by atoms with Gasteiger partial charge in [-0.25, -0.2) is 8.42 Å². The fourth-order valence-corrected chi connectivity index (χ4v) is 4.68. The van der Waals surface area contributed by atoms with Crippen molar-refractivity contribution in [1.82, 2.24) is 10.2 Å². The van der Waals surface area contributed by atoms with E-state index in [2.05, 4.69) is 5.32 Å². The van der Waals surface area contributed by atoms with Crippen LogP contribution in [0.2, 0.25) is 15.1 Å². The summed E-state index contributed by atoms with van der Waals surface area (Å²) in [6, 6.07) is 10.1. The van der Waals surface area contributed by atoms with Crippen LogP contribution in [0.25, 0.3) is 0 Å². The molecule has 0 heterocycles. The van der Waals surface area contributed by atoms with E-state index in [0.29, 0.717) is 10.6 Å². The van der Waals surface area contributed by atoms with Gasteiger partial charge in [0.1, 0.15) is 12.6 Å². The number of hydrogen-bond acceptors (Lipinski definition) is 4. The highest BCUT2D eigenvalue weighted by Gasteiger charge is 2.30. The van der Waals surface area contributed by atoms with Crippen LogP contribution in [0.1, 0.15) is 26.3 Å². The zero-order valence-corrected chi connectivity index (χ0v) is 21.8. The molecule has 0 aliphatic rings. The van der Waals surface area contributed by atoms with Gasteiger partial charge in [-0.1, -0.05) is 46.9 Å². The quantitative estimate of drug-likeness (QED) is 0.518. The van der Waals surface area contributed by atoms with Crippen LogP contribution < -0.4 is 9.62 Å². The second-order valence-electron chi connectivity index (χ2n) is 7.89. The zero-order valence-electron chi connectivity index (χ0n) is 18.7. The van der Waals surface area contributed by atoms with Crippen molar-refractivity contribution in [1.29, 1.82) is 0 Å². The monoisotopic (exact) mass is 533 g/mol. The summed E-state index contributed by atoms with van der Waals surface area (Å²) in [5.41, 5.74) is 0.835. The van der Waals surface area contributed by atoms with E-state index in [4.69, 9.17) is 34.8 Å². The van der Waals surface area contributed by atoms with Gasteiger partial charge in [0.25, 0.3) is 0 Å². The molecular formula is C22H26Cl3N3O4S. The Kier molecular flexibility index (Phi) is 9.43. The third-order valence-electron chi connectivity index (χ3n) is 4.65. The maximum absolute atomic E-state index is 13.4. The maximum Gasteiger partial charge on any atom is 0.244 e. The summed E-state index contributed by atoms with van der Waals surface area (Å²) < 4.78 is 26.0. The summed E-state index contributed by atoms with van der Waals surface area (Å²) >= 11 is 18.2. The van der Waals surface area contributed by atoms with Crippen LogP contribution in [0.4, 0.5) is 5.69 Å². The van der Waals surface area contributed by atoms with Gasteiger partial charge in [0.2, 0.25) is 21.8 Å². The largest absolute Gasteiger partial charge is 0.352 e. The second kappa shape index (κ2) is 11.4. The standard InChI is InChI=1S/C22H26Cl3N3O4S/c1-14(2)26-22(30)15(3)27(12-16-6-5-7-17(23)8-16)21(29)13-28(33(4,31)32)20-10-18(24)9-19(25)11-20/h5-11,14-15H,12-13H2,1-4H3,(H,26,30)/t15-/m1/s1. The lowest BCUT2D eigenvalue weighted by Gasteiger charge is -2.32. The van der Waals surface area contributed by atoms with E-state index in [0.717, 1.165) is 10.6 Å². The molecule has 0 aliphatic carbocycles. The van der Waals surface area contributed by atoms with E-state index in [1.165, 1.54) is 23.1 Å². The van der Waals surface area contributed by atoms with Gasteiger partial charge >= 0.3 is 0 Å². The molecule has 0 unspecified atom stereocenters. The second-order valence-corrected chi connectivity index (χ2v) is 11.1. The summed E-state index contributed by atoms with van der Waals surface area (Å²) in [6.45, 7) is 4.71. The molecule has 2 amide bonds. The molecule has 7 nitrogen and oxygen atoms in total. The Labute approximate surface area is 209 Å². The number of halogens is 3. The fourth-order valence-electron chi connectivity index (χ4n) is 3.12. The highest BCUT2D eigenvalue weighted by molar-refractivity contribution is 7.92. The molecule has 0 aromatic heterocycles. The number of rotatable bonds is 9. The van der Waals surface area contributed by atoms with E-state index >= 15 is 0 Å². The summed E-state index contributed by atoms with van der Waals surface area (Å²) in [4.78, 5) is 27.4. The zero-order chi connectivity index (χ0) is 24.9. The van der Waals surface area contributed by atoms with Gasteiger partial charge in [0.15, 0.2) is 0 Å². The molecule has 1 N–H and O–H groups in total. The van der Waals surface area contributed by atoms with Crippen LogP contribution in [0, 0.1) is 0 Å². The average Bonchev–Trinajstić information content (AvgIpc) is 2.67. The highest BCUT2D eigenvalue weighted by atomic mass is 35.5. The molecule has 0 aliphatic heterocycles. The molecule has 11 heteroatoms. The molecule has 2 aromatic rings. The first kappa shape index (κ1) is 27.2. The Balaban J connectivity index is 2.42. The number of benzene rings is 2. The Morgan fingerprint density at radius 3 is 2.09 bits per heavy atom. The molecular weight excluding hydrogens is 509 g/mol. The molecule has 0 fully saturated rings. The Morgan fingerprint density at radius 1 is 0.970 bits per heavy atom. The van der Waals surface area contributed by atoms with E-state index < -0.39 is 28.5 Å². The summed E-state index contributed by atoms with van der Waals surface area (Å²) in [6.07, 6.45) is 0.977. The fraction of sp³-hybridized carbons (Fsp3) is 0.364. The highest BCUT2D eigenvalue weighted by Crippen LogP contribution is 2.27. The first-order valence-corrected chi connectivity index (χ1v) is 13.0. The number of sulfonamides is 1. The molecule has 0 radical (unpaired) electrons.